The highest BCUT2D eigenvalue weighted by Crippen LogP contribution is 2.40. The molecule has 28 heavy (non-hydrogen) atoms. The largest absolute Gasteiger partial charge is 0.339 e. The van der Waals surface area contributed by atoms with E-state index < -0.39 is 0 Å². The number of carbonyl (C=O) groups is 1. The number of halogens is 1. The zero-order valence-corrected chi connectivity index (χ0v) is 16.0. The van der Waals surface area contributed by atoms with Crippen molar-refractivity contribution in [1.29, 1.82) is 0 Å². The van der Waals surface area contributed by atoms with Crippen molar-refractivity contribution in [2.75, 3.05) is 0 Å². The van der Waals surface area contributed by atoms with Gasteiger partial charge in [0.2, 0.25) is 0 Å². The molecule has 4 aromatic rings. The normalized spacial score (nSPS) is 10.9. The SMILES string of the molecule is C=CC(=O)Cc1cc(-c2c(-c3cncnc3)[nH]c3nccc(Cl)c23)ccc1C. The van der Waals surface area contributed by atoms with Crippen molar-refractivity contribution in [3.8, 4) is 22.4 Å². The second kappa shape index (κ2) is 7.37. The summed E-state index contributed by atoms with van der Waals surface area (Å²) in [6.45, 7) is 5.56. The minimum absolute atomic E-state index is 0.0180. The van der Waals surface area contributed by atoms with Gasteiger partial charge in [-0.25, -0.2) is 15.0 Å². The number of hydrogen-bond donors (Lipinski definition) is 1. The van der Waals surface area contributed by atoms with Gasteiger partial charge in [-0.1, -0.05) is 36.4 Å². The molecule has 0 atom stereocenters. The Hall–Kier alpha value is -3.31. The molecule has 0 radical (unpaired) electrons. The Morgan fingerprint density at radius 2 is 2.00 bits per heavy atom. The molecule has 0 saturated carbocycles. The second-order valence-corrected chi connectivity index (χ2v) is 6.91. The number of rotatable bonds is 5. The molecule has 6 heteroatoms. The Morgan fingerprint density at radius 1 is 1.21 bits per heavy atom. The van der Waals surface area contributed by atoms with Gasteiger partial charge in [-0.15, -0.1) is 0 Å². The standard InChI is InChI=1S/C22H17ClN4O/c1-3-17(28)9-15-8-14(5-4-13(15)2)19-20-18(23)6-7-26-22(20)27-21(19)16-10-24-12-25-11-16/h3-8,10-12H,1,9H2,2H3,(H,26,27). The van der Waals surface area contributed by atoms with Gasteiger partial charge in [-0.05, 0) is 35.8 Å². The molecular weight excluding hydrogens is 372 g/mol. The number of ketones is 1. The number of hydrogen-bond acceptors (Lipinski definition) is 4. The molecule has 3 aromatic heterocycles. The van der Waals surface area contributed by atoms with Crippen molar-refractivity contribution in [2.24, 2.45) is 0 Å². The molecule has 3 heterocycles. The van der Waals surface area contributed by atoms with Gasteiger partial charge in [-0.2, -0.15) is 0 Å². The van der Waals surface area contributed by atoms with Crippen LogP contribution in [0.1, 0.15) is 11.1 Å². The van der Waals surface area contributed by atoms with E-state index in [0.717, 1.165) is 38.9 Å². The van der Waals surface area contributed by atoms with Gasteiger partial charge in [0.25, 0.3) is 0 Å². The van der Waals surface area contributed by atoms with E-state index in [9.17, 15) is 4.79 Å². The fraction of sp³-hybridized carbons (Fsp3) is 0.0909. The zero-order chi connectivity index (χ0) is 19.7. The van der Waals surface area contributed by atoms with Crippen molar-refractivity contribution in [2.45, 2.75) is 13.3 Å². The summed E-state index contributed by atoms with van der Waals surface area (Å²) in [7, 11) is 0. The van der Waals surface area contributed by atoms with E-state index in [0.29, 0.717) is 17.1 Å². The molecule has 4 rings (SSSR count). The van der Waals surface area contributed by atoms with Crippen LogP contribution in [-0.4, -0.2) is 25.7 Å². The highest BCUT2D eigenvalue weighted by Gasteiger charge is 2.19. The molecule has 5 nitrogen and oxygen atoms in total. The summed E-state index contributed by atoms with van der Waals surface area (Å²) in [5, 5.41) is 1.43. The number of H-pyrrole nitrogens is 1. The van der Waals surface area contributed by atoms with E-state index in [1.54, 1.807) is 24.7 Å². The molecule has 0 unspecified atom stereocenters. The predicted octanol–water partition coefficient (Wildman–Crippen LogP) is 4.95. The third-order valence-electron chi connectivity index (χ3n) is 4.72. The zero-order valence-electron chi connectivity index (χ0n) is 15.2. The monoisotopic (exact) mass is 388 g/mol. The lowest BCUT2D eigenvalue weighted by Gasteiger charge is -2.10. The van der Waals surface area contributed by atoms with Crippen LogP contribution in [0.25, 0.3) is 33.4 Å². The van der Waals surface area contributed by atoms with Crippen LogP contribution >= 0.6 is 11.6 Å². The number of allylic oxidation sites excluding steroid dienone is 1. The molecule has 0 fully saturated rings. The maximum atomic E-state index is 11.9. The van der Waals surface area contributed by atoms with Crippen LogP contribution in [0.4, 0.5) is 0 Å². The molecule has 1 aromatic carbocycles. The number of aryl methyl sites for hydroxylation is 1. The van der Waals surface area contributed by atoms with Crippen LogP contribution in [-0.2, 0) is 11.2 Å². The number of nitrogens with zero attached hydrogens (tertiary/aromatic N) is 3. The Labute approximate surface area is 167 Å². The lowest BCUT2D eigenvalue weighted by atomic mass is 9.94. The van der Waals surface area contributed by atoms with E-state index in [1.807, 2.05) is 25.1 Å². The lowest BCUT2D eigenvalue weighted by Crippen LogP contribution is -2.00. The molecule has 0 aliphatic heterocycles. The summed E-state index contributed by atoms with van der Waals surface area (Å²) in [6.07, 6.45) is 8.30. The van der Waals surface area contributed by atoms with Crippen molar-refractivity contribution in [3.05, 3.63) is 78.0 Å². The van der Waals surface area contributed by atoms with Crippen LogP contribution in [0.5, 0.6) is 0 Å². The van der Waals surface area contributed by atoms with E-state index in [1.165, 1.54) is 12.4 Å². The van der Waals surface area contributed by atoms with Crippen LogP contribution in [0.15, 0.2) is 61.8 Å². The lowest BCUT2D eigenvalue weighted by molar-refractivity contribution is -0.114. The average Bonchev–Trinajstić information content (AvgIpc) is 3.11. The maximum absolute atomic E-state index is 11.9. The highest BCUT2D eigenvalue weighted by atomic mass is 35.5. The molecule has 0 amide bonds. The molecule has 1 N–H and O–H groups in total. The summed E-state index contributed by atoms with van der Waals surface area (Å²) < 4.78 is 0. The first-order valence-corrected chi connectivity index (χ1v) is 9.13. The van der Waals surface area contributed by atoms with Gasteiger partial charge in [0.05, 0.1) is 10.7 Å². The molecule has 0 spiro atoms. The third-order valence-corrected chi connectivity index (χ3v) is 5.04. The van der Waals surface area contributed by atoms with Gasteiger partial charge in [0.15, 0.2) is 5.78 Å². The van der Waals surface area contributed by atoms with E-state index in [-0.39, 0.29) is 5.78 Å². The smallest absolute Gasteiger partial charge is 0.159 e. The summed E-state index contributed by atoms with van der Waals surface area (Å²) in [5.74, 6) is -0.0180. The number of benzene rings is 1. The molecule has 138 valence electrons. The minimum atomic E-state index is -0.0180. The van der Waals surface area contributed by atoms with Gasteiger partial charge < -0.3 is 4.98 Å². The summed E-state index contributed by atoms with van der Waals surface area (Å²) in [5.41, 5.74) is 6.20. The van der Waals surface area contributed by atoms with Crippen LogP contribution < -0.4 is 0 Å². The Morgan fingerprint density at radius 3 is 2.75 bits per heavy atom. The topological polar surface area (TPSA) is 71.5 Å². The number of aromatic nitrogens is 4. The van der Waals surface area contributed by atoms with Crippen molar-refractivity contribution in [1.82, 2.24) is 19.9 Å². The first-order chi connectivity index (χ1) is 13.6. The number of nitrogens with one attached hydrogen (secondary N) is 1. The van der Waals surface area contributed by atoms with E-state index >= 15 is 0 Å². The number of carbonyl (C=O) groups excluding carboxylic acids is 1. The third kappa shape index (κ3) is 3.21. The number of aromatic amines is 1. The fourth-order valence-electron chi connectivity index (χ4n) is 3.29. The van der Waals surface area contributed by atoms with Crippen molar-refractivity contribution >= 4 is 28.4 Å². The molecule has 0 aliphatic rings. The summed E-state index contributed by atoms with van der Waals surface area (Å²) >= 11 is 6.53. The van der Waals surface area contributed by atoms with Gasteiger partial charge in [0.1, 0.15) is 12.0 Å². The van der Waals surface area contributed by atoms with E-state index in [2.05, 4.69) is 26.5 Å². The Kier molecular flexibility index (Phi) is 4.75. The second-order valence-electron chi connectivity index (χ2n) is 6.51. The first kappa shape index (κ1) is 18.1. The first-order valence-electron chi connectivity index (χ1n) is 8.75. The van der Waals surface area contributed by atoms with Crippen LogP contribution in [0.3, 0.4) is 0 Å². The van der Waals surface area contributed by atoms with Gasteiger partial charge >= 0.3 is 0 Å². The minimum Gasteiger partial charge on any atom is -0.339 e. The fourth-order valence-corrected chi connectivity index (χ4v) is 3.53. The molecule has 0 aliphatic carbocycles. The van der Waals surface area contributed by atoms with E-state index in [4.69, 9.17) is 11.6 Å². The van der Waals surface area contributed by atoms with Gasteiger partial charge in [0, 0.05) is 41.5 Å². The van der Waals surface area contributed by atoms with Crippen LogP contribution in [0, 0.1) is 6.92 Å². The summed E-state index contributed by atoms with van der Waals surface area (Å²) in [6, 6.07) is 7.82. The number of fused-ring (bicyclic) bond motifs is 1. The van der Waals surface area contributed by atoms with Crippen molar-refractivity contribution < 1.29 is 4.79 Å². The van der Waals surface area contributed by atoms with Crippen molar-refractivity contribution in [3.63, 3.8) is 0 Å². The van der Waals surface area contributed by atoms with Gasteiger partial charge in [-0.3, -0.25) is 4.79 Å². The quantitative estimate of drug-likeness (QED) is 0.491. The Bertz CT molecular complexity index is 1200. The molecule has 0 saturated heterocycles. The summed E-state index contributed by atoms with van der Waals surface area (Å²) in [4.78, 5) is 27.9. The molecular formula is C22H17ClN4O. The predicted molar refractivity (Wildman–Crippen MR) is 111 cm³/mol. The average molecular weight is 389 g/mol. The molecule has 0 bridgehead atoms. The maximum Gasteiger partial charge on any atom is 0.159 e. The highest BCUT2D eigenvalue weighted by molar-refractivity contribution is 6.36. The number of pyridine rings is 1. The van der Waals surface area contributed by atoms with Crippen LogP contribution in [0.2, 0.25) is 5.02 Å². The Balaban J connectivity index is 1.99.